The summed E-state index contributed by atoms with van der Waals surface area (Å²) in [6.45, 7) is 3.89. The quantitative estimate of drug-likeness (QED) is 0.777. The average molecular weight is 336 g/mol. The Morgan fingerprint density at radius 2 is 2.24 bits per heavy atom. The molecular formula is C19H20N4O2. The van der Waals surface area contributed by atoms with Crippen LogP contribution in [0.1, 0.15) is 22.9 Å². The number of rotatable bonds is 5. The highest BCUT2D eigenvalue weighted by Gasteiger charge is 2.31. The molecule has 3 aromatic rings. The van der Waals surface area contributed by atoms with Crippen molar-refractivity contribution in [3.8, 4) is 0 Å². The molecule has 1 amide bonds. The second-order valence-electron chi connectivity index (χ2n) is 6.48. The van der Waals surface area contributed by atoms with Gasteiger partial charge in [-0.2, -0.15) is 0 Å². The first-order valence-corrected chi connectivity index (χ1v) is 8.40. The first kappa shape index (κ1) is 15.8. The Kier molecular flexibility index (Phi) is 4.19. The number of aromatic amines is 1. The molecule has 2 aromatic heterocycles. The van der Waals surface area contributed by atoms with Crippen LogP contribution in [0.5, 0.6) is 0 Å². The van der Waals surface area contributed by atoms with Crippen LogP contribution in [-0.2, 0) is 16.1 Å². The summed E-state index contributed by atoms with van der Waals surface area (Å²) in [7, 11) is 0. The Morgan fingerprint density at radius 3 is 3.04 bits per heavy atom. The smallest absolute Gasteiger partial charge is 0.248 e. The van der Waals surface area contributed by atoms with Crippen molar-refractivity contribution in [2.45, 2.75) is 19.4 Å². The molecule has 6 nitrogen and oxygen atoms in total. The van der Waals surface area contributed by atoms with Gasteiger partial charge < -0.3 is 14.6 Å². The van der Waals surface area contributed by atoms with Gasteiger partial charge in [-0.1, -0.05) is 12.1 Å². The maximum atomic E-state index is 12.2. The van der Waals surface area contributed by atoms with Crippen LogP contribution in [0.4, 0.5) is 0 Å². The number of benzene rings is 1. The van der Waals surface area contributed by atoms with Crippen LogP contribution in [0, 0.1) is 6.92 Å². The Labute approximate surface area is 145 Å². The third-order valence-electron chi connectivity index (χ3n) is 4.54. The third-order valence-corrected chi connectivity index (χ3v) is 4.54. The molecule has 1 aliphatic rings. The largest absolute Gasteiger partial charge is 0.364 e. The van der Waals surface area contributed by atoms with E-state index in [0.29, 0.717) is 12.5 Å². The fourth-order valence-electron chi connectivity index (χ4n) is 3.08. The van der Waals surface area contributed by atoms with E-state index in [9.17, 15) is 4.79 Å². The minimum atomic E-state index is 0.0205. The molecule has 0 saturated carbocycles. The van der Waals surface area contributed by atoms with E-state index in [1.807, 2.05) is 36.2 Å². The number of carbonyl (C=O) groups excluding carboxylic acids is 1. The van der Waals surface area contributed by atoms with Crippen molar-refractivity contribution in [2.24, 2.45) is 0 Å². The summed E-state index contributed by atoms with van der Waals surface area (Å²) < 4.78 is 5.54. The van der Waals surface area contributed by atoms with Gasteiger partial charge in [-0.3, -0.25) is 9.78 Å². The van der Waals surface area contributed by atoms with Gasteiger partial charge in [0.05, 0.1) is 11.0 Å². The zero-order valence-electron chi connectivity index (χ0n) is 14.1. The monoisotopic (exact) mass is 336 g/mol. The van der Waals surface area contributed by atoms with Gasteiger partial charge in [0.2, 0.25) is 5.91 Å². The molecule has 0 aliphatic carbocycles. The molecule has 0 spiro atoms. The topological polar surface area (TPSA) is 71.1 Å². The molecule has 3 heterocycles. The first-order chi connectivity index (χ1) is 12.2. The maximum absolute atomic E-state index is 12.2. The van der Waals surface area contributed by atoms with Crippen LogP contribution >= 0.6 is 0 Å². The van der Waals surface area contributed by atoms with Gasteiger partial charge in [0.1, 0.15) is 19.0 Å². The van der Waals surface area contributed by atoms with Crippen molar-refractivity contribution in [3.05, 3.63) is 59.7 Å². The maximum Gasteiger partial charge on any atom is 0.248 e. The van der Waals surface area contributed by atoms with Crippen molar-refractivity contribution in [3.63, 3.8) is 0 Å². The Hall–Kier alpha value is -2.73. The van der Waals surface area contributed by atoms with Crippen LogP contribution in [0.15, 0.2) is 42.7 Å². The summed E-state index contributed by atoms with van der Waals surface area (Å²) in [5, 5.41) is 0. The Balaban J connectivity index is 1.25. The van der Waals surface area contributed by atoms with Crippen molar-refractivity contribution in [1.82, 2.24) is 19.9 Å². The summed E-state index contributed by atoms with van der Waals surface area (Å²) in [5.74, 6) is 1.15. The molecule has 0 atom stereocenters. The van der Waals surface area contributed by atoms with Crippen LogP contribution in [0.3, 0.4) is 0 Å². The SMILES string of the molecule is Cc1ccc2nc(COCC(=O)N3CC(c4cccnc4)C3)[nH]c2c1. The lowest BCUT2D eigenvalue weighted by molar-refractivity contribution is -0.141. The number of pyridine rings is 1. The summed E-state index contributed by atoms with van der Waals surface area (Å²) >= 11 is 0. The number of carbonyl (C=O) groups is 1. The summed E-state index contributed by atoms with van der Waals surface area (Å²) in [6.07, 6.45) is 3.63. The van der Waals surface area contributed by atoms with Gasteiger partial charge in [0.25, 0.3) is 0 Å². The lowest BCUT2D eigenvalue weighted by Crippen LogP contribution is -2.49. The molecule has 1 N–H and O–H groups in total. The number of hydrogen-bond acceptors (Lipinski definition) is 4. The van der Waals surface area contributed by atoms with Crippen LogP contribution in [0.2, 0.25) is 0 Å². The normalized spacial score (nSPS) is 14.7. The van der Waals surface area contributed by atoms with Crippen LogP contribution < -0.4 is 0 Å². The number of nitrogens with zero attached hydrogens (tertiary/aromatic N) is 3. The van der Waals surface area contributed by atoms with Crippen molar-refractivity contribution in [1.29, 1.82) is 0 Å². The van der Waals surface area contributed by atoms with Crippen molar-refractivity contribution >= 4 is 16.9 Å². The van der Waals surface area contributed by atoms with Crippen LogP contribution in [-0.4, -0.2) is 45.5 Å². The van der Waals surface area contributed by atoms with E-state index in [2.05, 4.69) is 27.1 Å². The number of amides is 1. The fraction of sp³-hybridized carbons (Fsp3) is 0.316. The number of aryl methyl sites for hydroxylation is 1. The van der Waals surface area contributed by atoms with E-state index in [0.717, 1.165) is 29.9 Å². The van der Waals surface area contributed by atoms with Gasteiger partial charge in [-0.05, 0) is 36.2 Å². The number of fused-ring (bicyclic) bond motifs is 1. The van der Waals surface area contributed by atoms with E-state index < -0.39 is 0 Å². The second-order valence-corrected chi connectivity index (χ2v) is 6.48. The first-order valence-electron chi connectivity index (χ1n) is 8.40. The Morgan fingerprint density at radius 1 is 1.36 bits per heavy atom. The number of ether oxygens (including phenoxy) is 1. The Bertz CT molecular complexity index is 885. The molecule has 1 saturated heterocycles. The molecule has 0 bridgehead atoms. The molecule has 1 aromatic carbocycles. The van der Waals surface area contributed by atoms with Gasteiger partial charge in [0, 0.05) is 31.4 Å². The molecule has 4 rings (SSSR count). The number of imidazole rings is 1. The van der Waals surface area contributed by atoms with Gasteiger partial charge >= 0.3 is 0 Å². The molecule has 0 radical (unpaired) electrons. The van der Waals surface area contributed by atoms with Gasteiger partial charge in [0.15, 0.2) is 0 Å². The van der Waals surface area contributed by atoms with Gasteiger partial charge in [-0.25, -0.2) is 4.98 Å². The zero-order valence-corrected chi connectivity index (χ0v) is 14.1. The minimum absolute atomic E-state index is 0.0205. The lowest BCUT2D eigenvalue weighted by Gasteiger charge is -2.39. The van der Waals surface area contributed by atoms with E-state index in [4.69, 9.17) is 4.74 Å². The molecule has 1 aliphatic heterocycles. The molecule has 6 heteroatoms. The number of aromatic nitrogens is 3. The molecule has 0 unspecified atom stereocenters. The highest BCUT2D eigenvalue weighted by molar-refractivity contribution is 5.78. The molecular weight excluding hydrogens is 316 g/mol. The van der Waals surface area contributed by atoms with Crippen LogP contribution in [0.25, 0.3) is 11.0 Å². The number of likely N-dealkylation sites (tertiary alicyclic amines) is 1. The standard InChI is InChI=1S/C19H20N4O2/c1-13-4-5-16-17(7-13)22-18(21-16)11-25-12-19(24)23-9-15(10-23)14-3-2-6-20-8-14/h2-8,15H,9-12H2,1H3,(H,21,22). The molecule has 128 valence electrons. The average Bonchev–Trinajstić information content (AvgIpc) is 2.96. The predicted octanol–water partition coefficient (Wildman–Crippen LogP) is 2.41. The molecule has 25 heavy (non-hydrogen) atoms. The van der Waals surface area contributed by atoms with Crippen molar-refractivity contribution < 1.29 is 9.53 Å². The number of nitrogens with one attached hydrogen (secondary N) is 1. The van der Waals surface area contributed by atoms with E-state index in [1.54, 1.807) is 6.20 Å². The minimum Gasteiger partial charge on any atom is -0.364 e. The third kappa shape index (κ3) is 3.39. The molecule has 1 fully saturated rings. The highest BCUT2D eigenvalue weighted by Crippen LogP contribution is 2.26. The van der Waals surface area contributed by atoms with Crippen molar-refractivity contribution in [2.75, 3.05) is 19.7 Å². The van der Waals surface area contributed by atoms with E-state index in [-0.39, 0.29) is 12.5 Å². The van der Waals surface area contributed by atoms with Gasteiger partial charge in [-0.15, -0.1) is 0 Å². The fourth-order valence-corrected chi connectivity index (χ4v) is 3.08. The predicted molar refractivity (Wildman–Crippen MR) is 94.0 cm³/mol. The number of hydrogen-bond donors (Lipinski definition) is 1. The zero-order chi connectivity index (χ0) is 17.2. The second kappa shape index (κ2) is 6.64. The summed E-state index contributed by atoms with van der Waals surface area (Å²) in [4.78, 5) is 25.8. The lowest BCUT2D eigenvalue weighted by atomic mass is 9.93. The highest BCUT2D eigenvalue weighted by atomic mass is 16.5. The van der Waals surface area contributed by atoms with E-state index in [1.165, 1.54) is 11.1 Å². The number of H-pyrrole nitrogens is 1. The summed E-state index contributed by atoms with van der Waals surface area (Å²) in [5.41, 5.74) is 4.27. The summed E-state index contributed by atoms with van der Waals surface area (Å²) in [6, 6.07) is 10.0. The van der Waals surface area contributed by atoms with E-state index >= 15 is 0 Å².